The van der Waals surface area contributed by atoms with Gasteiger partial charge in [0.25, 0.3) is 11.2 Å². The number of carbonyl (C=O) groups is 1. The quantitative estimate of drug-likeness (QED) is 0.682. The largest absolute Gasteiger partial charge is 0.325 e. The van der Waals surface area contributed by atoms with Crippen LogP contribution >= 0.6 is 0 Å². The number of anilines is 1. The van der Waals surface area contributed by atoms with Crippen LogP contribution in [0.5, 0.6) is 0 Å². The van der Waals surface area contributed by atoms with Crippen LogP contribution in [0.4, 0.5) is 15.8 Å². The van der Waals surface area contributed by atoms with Crippen molar-refractivity contribution in [3.63, 3.8) is 0 Å². The lowest BCUT2D eigenvalue weighted by Crippen LogP contribution is -2.26. The van der Waals surface area contributed by atoms with Gasteiger partial charge in [-0.2, -0.15) is 0 Å². The first-order valence-electron chi connectivity index (χ1n) is 5.86. The number of rotatable bonds is 4. The molecular weight excluding hydrogens is 281 g/mol. The number of amides is 1. The first-order chi connectivity index (χ1) is 9.95. The van der Waals surface area contributed by atoms with Gasteiger partial charge in [0.05, 0.1) is 11.1 Å². The van der Waals surface area contributed by atoms with Crippen LogP contribution in [0.2, 0.25) is 0 Å². The van der Waals surface area contributed by atoms with E-state index in [-0.39, 0.29) is 12.2 Å². The summed E-state index contributed by atoms with van der Waals surface area (Å²) in [7, 11) is 0. The topological polar surface area (TPSA) is 94.2 Å². The third kappa shape index (κ3) is 3.72. The summed E-state index contributed by atoms with van der Waals surface area (Å²) >= 11 is 0. The molecule has 2 rings (SSSR count). The highest BCUT2D eigenvalue weighted by Gasteiger charge is 2.10. The van der Waals surface area contributed by atoms with E-state index in [0.29, 0.717) is 5.69 Å². The number of benzene rings is 1. The summed E-state index contributed by atoms with van der Waals surface area (Å²) in [6, 6.07) is 7.16. The van der Waals surface area contributed by atoms with Crippen molar-refractivity contribution in [3.8, 4) is 0 Å². The number of halogens is 1. The number of carbonyl (C=O) groups excluding carboxylic acids is 1. The van der Waals surface area contributed by atoms with Gasteiger partial charge in [-0.05, 0) is 24.3 Å². The third-order valence-corrected chi connectivity index (χ3v) is 2.62. The van der Waals surface area contributed by atoms with E-state index in [2.05, 4.69) is 5.32 Å². The molecule has 0 spiro atoms. The number of hydrogen-bond donors (Lipinski definition) is 1. The summed E-state index contributed by atoms with van der Waals surface area (Å²) in [5.74, 6) is -0.993. The maximum absolute atomic E-state index is 12.7. The third-order valence-electron chi connectivity index (χ3n) is 2.62. The lowest BCUT2D eigenvalue weighted by atomic mass is 10.3. The Labute approximate surface area is 117 Å². The van der Waals surface area contributed by atoms with E-state index >= 15 is 0 Å². The van der Waals surface area contributed by atoms with Gasteiger partial charge in [0.1, 0.15) is 12.4 Å². The number of hydrogen-bond acceptors (Lipinski definition) is 4. The van der Waals surface area contributed by atoms with Crippen molar-refractivity contribution in [1.29, 1.82) is 0 Å². The zero-order valence-electron chi connectivity index (χ0n) is 10.7. The molecule has 0 radical (unpaired) electrons. The van der Waals surface area contributed by atoms with Crippen LogP contribution in [0.15, 0.2) is 47.4 Å². The number of pyridine rings is 1. The van der Waals surface area contributed by atoms with E-state index in [0.717, 1.165) is 22.9 Å². The molecule has 0 saturated heterocycles. The molecule has 0 unspecified atom stereocenters. The molecule has 108 valence electrons. The Kier molecular flexibility index (Phi) is 4.07. The van der Waals surface area contributed by atoms with Crippen LogP contribution in [0.1, 0.15) is 0 Å². The van der Waals surface area contributed by atoms with Gasteiger partial charge in [-0.1, -0.05) is 0 Å². The van der Waals surface area contributed by atoms with Crippen LogP contribution in [0.25, 0.3) is 0 Å². The Hall–Kier alpha value is -3.03. The van der Waals surface area contributed by atoms with Gasteiger partial charge in [-0.25, -0.2) is 4.39 Å². The summed E-state index contributed by atoms with van der Waals surface area (Å²) in [5.41, 5.74) is -0.459. The molecule has 0 aliphatic rings. The van der Waals surface area contributed by atoms with E-state index in [1.807, 2.05) is 0 Å². The zero-order chi connectivity index (χ0) is 15.4. The maximum atomic E-state index is 12.7. The standard InChI is InChI=1S/C13H10FN3O4/c14-9-1-3-10(4-2-9)15-12(18)8-16-7-11(17(20)21)5-6-13(16)19/h1-7H,8H2,(H,15,18). The molecule has 1 aromatic carbocycles. The molecule has 0 fully saturated rings. The molecule has 1 N–H and O–H groups in total. The Morgan fingerprint density at radius 2 is 1.90 bits per heavy atom. The average Bonchev–Trinajstić information content (AvgIpc) is 2.43. The molecular formula is C13H10FN3O4. The summed E-state index contributed by atoms with van der Waals surface area (Å²) in [6.45, 7) is -0.377. The summed E-state index contributed by atoms with van der Waals surface area (Å²) in [4.78, 5) is 33.3. The van der Waals surface area contributed by atoms with Crippen molar-refractivity contribution in [1.82, 2.24) is 4.57 Å². The van der Waals surface area contributed by atoms with Crippen LogP contribution in [-0.4, -0.2) is 15.4 Å². The first-order valence-corrected chi connectivity index (χ1v) is 5.86. The molecule has 8 heteroatoms. The SMILES string of the molecule is O=C(Cn1cc([N+](=O)[O-])ccc1=O)Nc1ccc(F)cc1. The van der Waals surface area contributed by atoms with Crippen LogP contribution < -0.4 is 10.9 Å². The molecule has 0 atom stereocenters. The summed E-state index contributed by atoms with van der Waals surface area (Å²) in [6.07, 6.45) is 0.993. The Balaban J connectivity index is 2.12. The molecule has 1 amide bonds. The molecule has 21 heavy (non-hydrogen) atoms. The van der Waals surface area contributed by atoms with Gasteiger partial charge in [0.15, 0.2) is 0 Å². The van der Waals surface area contributed by atoms with Crippen LogP contribution in [0.3, 0.4) is 0 Å². The van der Waals surface area contributed by atoms with E-state index in [9.17, 15) is 24.1 Å². The smallest absolute Gasteiger partial charge is 0.285 e. The van der Waals surface area contributed by atoms with Crippen LogP contribution in [0, 0.1) is 15.9 Å². The first kappa shape index (κ1) is 14.4. The molecule has 2 aromatic rings. The van der Waals surface area contributed by atoms with E-state index in [4.69, 9.17) is 0 Å². The Morgan fingerprint density at radius 1 is 1.24 bits per heavy atom. The highest BCUT2D eigenvalue weighted by Crippen LogP contribution is 2.09. The summed E-state index contributed by atoms with van der Waals surface area (Å²) in [5, 5.41) is 13.1. The average molecular weight is 291 g/mol. The monoisotopic (exact) mass is 291 g/mol. The van der Waals surface area contributed by atoms with Crippen molar-refractivity contribution in [2.45, 2.75) is 6.54 Å². The van der Waals surface area contributed by atoms with Crippen molar-refractivity contribution in [3.05, 3.63) is 68.9 Å². The fourth-order valence-corrected chi connectivity index (χ4v) is 1.64. The van der Waals surface area contributed by atoms with E-state index < -0.39 is 22.2 Å². The molecule has 0 aliphatic heterocycles. The minimum absolute atomic E-state index is 0.288. The lowest BCUT2D eigenvalue weighted by Gasteiger charge is -2.07. The van der Waals surface area contributed by atoms with Gasteiger partial charge in [0, 0.05) is 17.8 Å². The molecule has 0 bridgehead atoms. The number of aromatic nitrogens is 1. The predicted octanol–water partition coefficient (Wildman–Crippen LogP) is 1.53. The second-order valence-corrected chi connectivity index (χ2v) is 4.17. The minimum Gasteiger partial charge on any atom is -0.325 e. The van der Waals surface area contributed by atoms with E-state index in [1.165, 1.54) is 24.3 Å². The second-order valence-electron chi connectivity index (χ2n) is 4.17. The zero-order valence-corrected chi connectivity index (χ0v) is 10.7. The number of nitrogens with zero attached hydrogens (tertiary/aromatic N) is 2. The van der Waals surface area contributed by atoms with Crippen molar-refractivity contribution >= 4 is 17.3 Å². The Morgan fingerprint density at radius 3 is 2.52 bits per heavy atom. The molecule has 7 nitrogen and oxygen atoms in total. The van der Waals surface area contributed by atoms with Gasteiger partial charge < -0.3 is 5.32 Å². The van der Waals surface area contributed by atoms with Crippen molar-refractivity contribution < 1.29 is 14.1 Å². The van der Waals surface area contributed by atoms with Gasteiger partial charge in [-0.3, -0.25) is 24.3 Å². The van der Waals surface area contributed by atoms with Crippen molar-refractivity contribution in [2.24, 2.45) is 0 Å². The highest BCUT2D eigenvalue weighted by atomic mass is 19.1. The second kappa shape index (κ2) is 5.95. The number of nitrogens with one attached hydrogen (secondary N) is 1. The predicted molar refractivity (Wildman–Crippen MR) is 72.4 cm³/mol. The normalized spacial score (nSPS) is 10.1. The fraction of sp³-hybridized carbons (Fsp3) is 0.0769. The van der Waals surface area contributed by atoms with Gasteiger partial charge in [-0.15, -0.1) is 0 Å². The highest BCUT2D eigenvalue weighted by molar-refractivity contribution is 5.90. The lowest BCUT2D eigenvalue weighted by molar-refractivity contribution is -0.385. The van der Waals surface area contributed by atoms with E-state index in [1.54, 1.807) is 0 Å². The molecule has 0 aliphatic carbocycles. The molecule has 0 saturated carbocycles. The van der Waals surface area contributed by atoms with Crippen LogP contribution in [-0.2, 0) is 11.3 Å². The number of nitro groups is 1. The van der Waals surface area contributed by atoms with Gasteiger partial charge in [0.2, 0.25) is 5.91 Å². The summed E-state index contributed by atoms with van der Waals surface area (Å²) < 4.78 is 13.6. The maximum Gasteiger partial charge on any atom is 0.285 e. The molecule has 1 aromatic heterocycles. The van der Waals surface area contributed by atoms with Gasteiger partial charge >= 0.3 is 0 Å². The molecule has 1 heterocycles. The fourth-order valence-electron chi connectivity index (χ4n) is 1.64. The Bertz CT molecular complexity index is 740. The van der Waals surface area contributed by atoms with Crippen molar-refractivity contribution in [2.75, 3.05) is 5.32 Å². The minimum atomic E-state index is -0.659.